The van der Waals surface area contributed by atoms with Crippen molar-refractivity contribution >= 4 is 0 Å². The summed E-state index contributed by atoms with van der Waals surface area (Å²) < 4.78 is 0. The fourth-order valence-electron chi connectivity index (χ4n) is 3.68. The predicted molar refractivity (Wildman–Crippen MR) is 117 cm³/mol. The maximum Gasteiger partial charge on any atom is 0.00886 e. The molecule has 0 saturated heterocycles. The lowest BCUT2D eigenvalue weighted by Crippen LogP contribution is -1.83. The minimum Gasteiger partial charge on any atom is -0.103 e. The number of rotatable bonds is 0. The normalized spacial score (nSPS) is 21.5. The van der Waals surface area contributed by atoms with Crippen LogP contribution in [0.2, 0.25) is 0 Å². The van der Waals surface area contributed by atoms with E-state index >= 15 is 0 Å². The summed E-state index contributed by atoms with van der Waals surface area (Å²) >= 11 is 0. The van der Waals surface area contributed by atoms with E-state index in [1.807, 2.05) is 0 Å². The van der Waals surface area contributed by atoms with Crippen molar-refractivity contribution in [3.05, 3.63) is 0 Å². The molecule has 0 heteroatoms. The van der Waals surface area contributed by atoms with Gasteiger partial charge < -0.3 is 0 Å². The molecule has 0 nitrogen and oxygen atoms in total. The Labute approximate surface area is 165 Å². The molecule has 1 aliphatic rings. The lowest BCUT2D eigenvalue weighted by atomic mass is 10.0. The highest BCUT2D eigenvalue weighted by Gasteiger charge is 1.94. The Kier molecular flexibility index (Phi) is 18.2. The van der Waals surface area contributed by atoms with Crippen molar-refractivity contribution in [3.63, 3.8) is 0 Å². The first-order valence-corrected chi connectivity index (χ1v) is 11.9. The molecule has 0 spiro atoms. The molecule has 0 aromatic carbocycles. The molecule has 0 saturated carbocycles. The summed E-state index contributed by atoms with van der Waals surface area (Å²) in [4.78, 5) is 0. The van der Waals surface area contributed by atoms with E-state index in [4.69, 9.17) is 0 Å². The van der Waals surface area contributed by atoms with Gasteiger partial charge in [0.15, 0.2) is 0 Å². The van der Waals surface area contributed by atoms with Gasteiger partial charge in [0.2, 0.25) is 0 Å². The van der Waals surface area contributed by atoms with Gasteiger partial charge in [0.25, 0.3) is 0 Å². The van der Waals surface area contributed by atoms with Gasteiger partial charge in [0.1, 0.15) is 0 Å². The van der Waals surface area contributed by atoms with Crippen LogP contribution in [0.3, 0.4) is 0 Å². The smallest absolute Gasteiger partial charge is 0.00886 e. The number of hydrogen-bond acceptors (Lipinski definition) is 0. The lowest BCUT2D eigenvalue weighted by Gasteiger charge is -2.01. The van der Waals surface area contributed by atoms with Crippen LogP contribution in [-0.2, 0) is 0 Å². The molecule has 148 valence electrons. The van der Waals surface area contributed by atoms with Crippen LogP contribution in [-0.4, -0.2) is 0 Å². The topological polar surface area (TPSA) is 0 Å². The molecule has 1 aliphatic carbocycles. The second-order valence-electron chi connectivity index (χ2n) is 8.07. The van der Waals surface area contributed by atoms with Crippen LogP contribution in [0.1, 0.15) is 141 Å². The highest BCUT2D eigenvalue weighted by Crippen LogP contribution is 2.12. The highest BCUT2D eigenvalue weighted by molar-refractivity contribution is 4.99. The minimum atomic E-state index is 1.13. The maximum absolute atomic E-state index is 3.39. The van der Waals surface area contributed by atoms with Crippen LogP contribution in [0.15, 0.2) is 0 Å². The zero-order chi connectivity index (χ0) is 18.4. The molecular formula is C26H44. The molecule has 0 aliphatic heterocycles. The third kappa shape index (κ3) is 17.9. The van der Waals surface area contributed by atoms with Gasteiger partial charge in [-0.25, -0.2) is 0 Å². The molecular weight excluding hydrogens is 312 g/mol. The average molecular weight is 357 g/mol. The SMILES string of the molecule is C1#CCCCCCCCCCCCC#CCCCCCCCCCCC1. The zero-order valence-electron chi connectivity index (χ0n) is 17.6. The van der Waals surface area contributed by atoms with Gasteiger partial charge in [-0.15, -0.1) is 23.7 Å². The highest BCUT2D eigenvalue weighted by atomic mass is 14.0. The number of hydrogen-bond donors (Lipinski definition) is 0. The Morgan fingerprint density at radius 3 is 0.538 bits per heavy atom. The van der Waals surface area contributed by atoms with Crippen LogP contribution in [0.25, 0.3) is 0 Å². The molecule has 0 amide bonds. The van der Waals surface area contributed by atoms with Crippen LogP contribution >= 0.6 is 0 Å². The van der Waals surface area contributed by atoms with Crippen molar-refractivity contribution in [2.24, 2.45) is 0 Å². The van der Waals surface area contributed by atoms with Gasteiger partial charge in [0.05, 0.1) is 0 Å². The third-order valence-electron chi connectivity index (χ3n) is 5.46. The fourth-order valence-corrected chi connectivity index (χ4v) is 3.68. The van der Waals surface area contributed by atoms with E-state index < -0.39 is 0 Å². The molecule has 0 fully saturated rings. The lowest BCUT2D eigenvalue weighted by molar-refractivity contribution is 0.561. The molecule has 0 aromatic rings. The van der Waals surface area contributed by atoms with Crippen molar-refractivity contribution in [1.29, 1.82) is 0 Å². The Morgan fingerprint density at radius 2 is 0.346 bits per heavy atom. The Balaban J connectivity index is 2.11. The molecule has 0 radical (unpaired) electrons. The van der Waals surface area contributed by atoms with Crippen LogP contribution in [0.5, 0.6) is 0 Å². The summed E-state index contributed by atoms with van der Waals surface area (Å²) in [6.07, 6.45) is 29.5. The second-order valence-corrected chi connectivity index (χ2v) is 8.07. The summed E-state index contributed by atoms with van der Waals surface area (Å²) in [5.74, 6) is 13.5. The van der Waals surface area contributed by atoms with Gasteiger partial charge >= 0.3 is 0 Å². The zero-order valence-corrected chi connectivity index (χ0v) is 17.6. The Bertz CT molecular complexity index is 325. The molecule has 1 rings (SSSR count). The Hall–Kier alpha value is -0.880. The first-order chi connectivity index (χ1) is 13.0. The first-order valence-electron chi connectivity index (χ1n) is 11.9. The van der Waals surface area contributed by atoms with Crippen LogP contribution < -0.4 is 0 Å². The molecule has 0 heterocycles. The minimum absolute atomic E-state index is 1.13. The van der Waals surface area contributed by atoms with E-state index in [1.54, 1.807) is 0 Å². The summed E-state index contributed by atoms with van der Waals surface area (Å²) in [6, 6.07) is 0. The van der Waals surface area contributed by atoms with Gasteiger partial charge in [-0.3, -0.25) is 0 Å². The summed E-state index contributed by atoms with van der Waals surface area (Å²) in [6.45, 7) is 0. The quantitative estimate of drug-likeness (QED) is 0.381. The summed E-state index contributed by atoms with van der Waals surface area (Å²) in [5.41, 5.74) is 0. The van der Waals surface area contributed by atoms with Gasteiger partial charge in [-0.05, 0) is 25.7 Å². The van der Waals surface area contributed by atoms with Crippen molar-refractivity contribution < 1.29 is 0 Å². The van der Waals surface area contributed by atoms with Crippen molar-refractivity contribution in [1.82, 2.24) is 0 Å². The van der Waals surface area contributed by atoms with Crippen LogP contribution in [0.4, 0.5) is 0 Å². The second kappa shape index (κ2) is 20.4. The standard InChI is InChI=1S/C26H44/c1-2-4-6-8-10-12-14-16-18-20-22-24-26-25-23-21-19-17-15-13-11-9-7-5-3-1/h1-11,16-26H2. The van der Waals surface area contributed by atoms with Gasteiger partial charge in [-0.2, -0.15) is 0 Å². The van der Waals surface area contributed by atoms with E-state index in [0.717, 1.165) is 25.7 Å². The van der Waals surface area contributed by atoms with E-state index in [0.29, 0.717) is 0 Å². The molecule has 0 atom stereocenters. The maximum atomic E-state index is 3.39. The summed E-state index contributed by atoms with van der Waals surface area (Å²) in [7, 11) is 0. The molecule has 0 unspecified atom stereocenters. The van der Waals surface area contributed by atoms with Crippen LogP contribution in [0, 0.1) is 23.7 Å². The predicted octanol–water partition coefficient (Wildman–Crippen LogP) is 8.59. The Morgan fingerprint density at radius 1 is 0.192 bits per heavy atom. The molecule has 26 heavy (non-hydrogen) atoms. The summed E-state index contributed by atoms with van der Waals surface area (Å²) in [5, 5.41) is 0. The van der Waals surface area contributed by atoms with E-state index in [2.05, 4.69) is 23.7 Å². The van der Waals surface area contributed by atoms with Crippen molar-refractivity contribution in [2.45, 2.75) is 141 Å². The average Bonchev–Trinajstić information content (AvgIpc) is 2.65. The molecule has 0 N–H and O–H groups in total. The van der Waals surface area contributed by atoms with E-state index in [9.17, 15) is 0 Å². The third-order valence-corrected chi connectivity index (χ3v) is 5.46. The fraction of sp³-hybridized carbons (Fsp3) is 0.846. The van der Waals surface area contributed by atoms with E-state index in [1.165, 1.54) is 116 Å². The first kappa shape index (κ1) is 23.2. The monoisotopic (exact) mass is 356 g/mol. The van der Waals surface area contributed by atoms with Crippen molar-refractivity contribution in [2.75, 3.05) is 0 Å². The van der Waals surface area contributed by atoms with Gasteiger partial charge in [0, 0.05) is 25.7 Å². The van der Waals surface area contributed by atoms with Gasteiger partial charge in [-0.1, -0.05) is 89.9 Å². The van der Waals surface area contributed by atoms with E-state index in [-0.39, 0.29) is 0 Å². The van der Waals surface area contributed by atoms with Crippen molar-refractivity contribution in [3.8, 4) is 23.7 Å². The largest absolute Gasteiger partial charge is 0.103 e. The molecule has 0 bridgehead atoms. The molecule has 0 aromatic heterocycles.